The molecule has 1 aromatic carbocycles. The molecular formula is C16H11N3O2S. The van der Waals surface area contributed by atoms with E-state index in [1.807, 2.05) is 42.6 Å². The maximum Gasteiger partial charge on any atom is 0.268 e. The summed E-state index contributed by atoms with van der Waals surface area (Å²) in [6, 6.07) is 11.5. The number of fused-ring (bicyclic) bond motifs is 1. The van der Waals surface area contributed by atoms with Gasteiger partial charge in [-0.1, -0.05) is 23.4 Å². The first-order valence-corrected chi connectivity index (χ1v) is 7.60. The Morgan fingerprint density at radius 3 is 2.95 bits per heavy atom. The van der Waals surface area contributed by atoms with Crippen molar-refractivity contribution in [3.8, 4) is 22.2 Å². The van der Waals surface area contributed by atoms with E-state index in [1.54, 1.807) is 6.07 Å². The largest absolute Gasteiger partial charge is 0.333 e. The van der Waals surface area contributed by atoms with Crippen molar-refractivity contribution in [2.45, 2.75) is 6.92 Å². The van der Waals surface area contributed by atoms with Crippen molar-refractivity contribution in [3.63, 3.8) is 0 Å². The van der Waals surface area contributed by atoms with Crippen LogP contribution in [0.1, 0.15) is 5.56 Å². The molecule has 0 saturated heterocycles. The summed E-state index contributed by atoms with van der Waals surface area (Å²) in [5, 5.41) is 6.80. The van der Waals surface area contributed by atoms with Gasteiger partial charge in [0.15, 0.2) is 0 Å². The Labute approximate surface area is 129 Å². The van der Waals surface area contributed by atoms with Gasteiger partial charge in [0, 0.05) is 5.52 Å². The lowest BCUT2D eigenvalue weighted by molar-refractivity contribution is 0.433. The summed E-state index contributed by atoms with van der Waals surface area (Å²) in [5.41, 5.74) is 2.07. The van der Waals surface area contributed by atoms with Crippen LogP contribution in [0.15, 0.2) is 51.1 Å². The smallest absolute Gasteiger partial charge is 0.268 e. The number of nitrogens with zero attached hydrogens (tertiary/aromatic N) is 2. The molecule has 3 aromatic heterocycles. The first-order chi connectivity index (χ1) is 10.7. The van der Waals surface area contributed by atoms with Gasteiger partial charge in [0.25, 0.3) is 11.4 Å². The van der Waals surface area contributed by atoms with Crippen molar-refractivity contribution >= 4 is 22.2 Å². The molecule has 6 heteroatoms. The number of aryl methyl sites for hydroxylation is 1. The van der Waals surface area contributed by atoms with Crippen molar-refractivity contribution in [1.29, 1.82) is 0 Å². The number of H-pyrrole nitrogens is 1. The minimum atomic E-state index is -0.225. The maximum absolute atomic E-state index is 12.3. The lowest BCUT2D eigenvalue weighted by Crippen LogP contribution is -2.09. The van der Waals surface area contributed by atoms with E-state index in [-0.39, 0.29) is 5.56 Å². The Kier molecular flexibility index (Phi) is 2.90. The van der Waals surface area contributed by atoms with Gasteiger partial charge < -0.3 is 9.51 Å². The minimum Gasteiger partial charge on any atom is -0.333 e. The van der Waals surface area contributed by atoms with Crippen LogP contribution in [0.3, 0.4) is 0 Å². The zero-order valence-corrected chi connectivity index (χ0v) is 12.5. The zero-order valence-electron chi connectivity index (χ0n) is 11.7. The number of hydrogen-bond acceptors (Lipinski definition) is 5. The number of pyridine rings is 1. The van der Waals surface area contributed by atoms with Gasteiger partial charge >= 0.3 is 0 Å². The molecule has 22 heavy (non-hydrogen) atoms. The van der Waals surface area contributed by atoms with Crippen molar-refractivity contribution in [2.75, 3.05) is 0 Å². The molecule has 0 amide bonds. The van der Waals surface area contributed by atoms with Crippen LogP contribution in [0, 0.1) is 6.92 Å². The molecule has 1 N–H and O–H groups in total. The number of thiophene rings is 1. The van der Waals surface area contributed by atoms with Gasteiger partial charge in [0.1, 0.15) is 0 Å². The van der Waals surface area contributed by atoms with E-state index in [2.05, 4.69) is 15.1 Å². The fourth-order valence-corrected chi connectivity index (χ4v) is 2.96. The third-order valence-corrected chi connectivity index (χ3v) is 4.26. The second kappa shape index (κ2) is 4.92. The van der Waals surface area contributed by atoms with Crippen LogP contribution in [-0.2, 0) is 0 Å². The summed E-state index contributed by atoms with van der Waals surface area (Å²) in [4.78, 5) is 20.3. The highest BCUT2D eigenvalue weighted by Crippen LogP contribution is 2.25. The van der Waals surface area contributed by atoms with Gasteiger partial charge in [-0.2, -0.15) is 4.98 Å². The molecule has 0 aliphatic heterocycles. The molecule has 0 aliphatic rings. The molecule has 4 rings (SSSR count). The van der Waals surface area contributed by atoms with E-state index >= 15 is 0 Å². The average Bonchev–Trinajstić information content (AvgIpc) is 3.17. The number of aromatic nitrogens is 3. The molecule has 0 radical (unpaired) electrons. The maximum atomic E-state index is 12.3. The fourth-order valence-electron chi connectivity index (χ4n) is 2.31. The van der Waals surface area contributed by atoms with E-state index in [0.29, 0.717) is 17.3 Å². The summed E-state index contributed by atoms with van der Waals surface area (Å²) in [5.74, 6) is 0.723. The number of hydrogen-bond donors (Lipinski definition) is 1. The number of nitrogens with one attached hydrogen (secondary N) is 1. The molecule has 4 aromatic rings. The van der Waals surface area contributed by atoms with E-state index < -0.39 is 0 Å². The molecule has 0 unspecified atom stereocenters. The van der Waals surface area contributed by atoms with Crippen LogP contribution >= 0.6 is 11.3 Å². The summed E-state index contributed by atoms with van der Waals surface area (Å²) in [6.45, 7) is 1.98. The summed E-state index contributed by atoms with van der Waals surface area (Å²) < 4.78 is 5.25. The van der Waals surface area contributed by atoms with Crippen LogP contribution in [0.4, 0.5) is 0 Å². The van der Waals surface area contributed by atoms with Gasteiger partial charge in [-0.05, 0) is 41.5 Å². The Bertz CT molecular complexity index is 1020. The van der Waals surface area contributed by atoms with Gasteiger partial charge in [0.05, 0.1) is 10.4 Å². The molecule has 0 aliphatic carbocycles. The first-order valence-electron chi connectivity index (χ1n) is 6.72. The van der Waals surface area contributed by atoms with E-state index in [0.717, 1.165) is 21.3 Å². The Balaban J connectivity index is 1.86. The van der Waals surface area contributed by atoms with Crippen LogP contribution < -0.4 is 5.56 Å². The van der Waals surface area contributed by atoms with Gasteiger partial charge in [0.2, 0.25) is 5.82 Å². The van der Waals surface area contributed by atoms with E-state index in [9.17, 15) is 4.79 Å². The Morgan fingerprint density at radius 1 is 1.23 bits per heavy atom. The molecule has 3 heterocycles. The molecule has 5 nitrogen and oxygen atoms in total. The topological polar surface area (TPSA) is 71.8 Å². The molecule has 108 valence electrons. The third-order valence-electron chi connectivity index (χ3n) is 3.40. The van der Waals surface area contributed by atoms with Crippen LogP contribution in [0.2, 0.25) is 0 Å². The van der Waals surface area contributed by atoms with Crippen molar-refractivity contribution in [2.24, 2.45) is 0 Å². The number of benzene rings is 1. The first kappa shape index (κ1) is 13.0. The minimum absolute atomic E-state index is 0.225. The Morgan fingerprint density at radius 2 is 2.14 bits per heavy atom. The van der Waals surface area contributed by atoms with Crippen LogP contribution in [0.5, 0.6) is 0 Å². The van der Waals surface area contributed by atoms with Gasteiger partial charge in [-0.15, -0.1) is 11.3 Å². The normalized spacial score (nSPS) is 11.1. The summed E-state index contributed by atoms with van der Waals surface area (Å²) in [7, 11) is 0. The number of rotatable bonds is 2. The van der Waals surface area contributed by atoms with Crippen molar-refractivity contribution in [3.05, 3.63) is 57.7 Å². The standard InChI is InChI=1S/C16H11N3O2S/c1-9-4-5-10-8-11(15(20)17-12(10)7-9)14-18-16(21-19-14)13-3-2-6-22-13/h2-8H,1H3,(H,17,20). The highest BCUT2D eigenvalue weighted by Gasteiger charge is 2.14. The van der Waals surface area contributed by atoms with E-state index in [1.165, 1.54) is 11.3 Å². The predicted octanol–water partition coefficient (Wildman–Crippen LogP) is 3.62. The van der Waals surface area contributed by atoms with Crippen molar-refractivity contribution < 1.29 is 4.52 Å². The number of aromatic amines is 1. The monoisotopic (exact) mass is 309 g/mol. The van der Waals surface area contributed by atoms with Crippen molar-refractivity contribution in [1.82, 2.24) is 15.1 Å². The second-order valence-corrected chi connectivity index (χ2v) is 5.95. The Hall–Kier alpha value is -2.73. The third kappa shape index (κ3) is 2.14. The average molecular weight is 309 g/mol. The molecular weight excluding hydrogens is 298 g/mol. The lowest BCUT2D eigenvalue weighted by atomic mass is 10.1. The van der Waals surface area contributed by atoms with E-state index in [4.69, 9.17) is 4.52 Å². The fraction of sp³-hybridized carbons (Fsp3) is 0.0625. The zero-order chi connectivity index (χ0) is 15.1. The molecule has 0 fully saturated rings. The quantitative estimate of drug-likeness (QED) is 0.614. The highest BCUT2D eigenvalue weighted by atomic mass is 32.1. The molecule has 0 spiro atoms. The SMILES string of the molecule is Cc1ccc2cc(-c3noc(-c4cccs4)n3)c(=O)[nH]c2c1. The molecule has 0 atom stereocenters. The summed E-state index contributed by atoms with van der Waals surface area (Å²) in [6.07, 6.45) is 0. The van der Waals surface area contributed by atoms with Gasteiger partial charge in [-0.3, -0.25) is 4.79 Å². The predicted molar refractivity (Wildman–Crippen MR) is 85.9 cm³/mol. The summed E-state index contributed by atoms with van der Waals surface area (Å²) >= 11 is 1.51. The lowest BCUT2D eigenvalue weighted by Gasteiger charge is -2.01. The molecule has 0 bridgehead atoms. The second-order valence-electron chi connectivity index (χ2n) is 5.00. The van der Waals surface area contributed by atoms with Crippen LogP contribution in [0.25, 0.3) is 33.1 Å². The van der Waals surface area contributed by atoms with Crippen LogP contribution in [-0.4, -0.2) is 15.1 Å². The molecule has 0 saturated carbocycles. The highest BCUT2D eigenvalue weighted by molar-refractivity contribution is 7.13. The van der Waals surface area contributed by atoms with Gasteiger partial charge in [-0.25, -0.2) is 0 Å².